The summed E-state index contributed by atoms with van der Waals surface area (Å²) in [6.45, 7) is -0.0749. The lowest BCUT2D eigenvalue weighted by atomic mass is 10.1. The van der Waals surface area contributed by atoms with Crippen LogP contribution in [0.5, 0.6) is 0 Å². The molecule has 0 aliphatic heterocycles. The summed E-state index contributed by atoms with van der Waals surface area (Å²) in [6, 6.07) is 13.9. The number of hydrogen-bond acceptors (Lipinski definition) is 3. The highest BCUT2D eigenvalue weighted by atomic mass is 16.3. The summed E-state index contributed by atoms with van der Waals surface area (Å²) in [5.74, 6) is -0.357. The van der Waals surface area contributed by atoms with E-state index in [1.807, 2.05) is 0 Å². The van der Waals surface area contributed by atoms with Crippen molar-refractivity contribution < 1.29 is 14.7 Å². The summed E-state index contributed by atoms with van der Waals surface area (Å²) in [6.07, 6.45) is 2.08. The molecule has 1 fully saturated rings. The van der Waals surface area contributed by atoms with Crippen molar-refractivity contribution in [1.29, 1.82) is 0 Å². The first-order valence-corrected chi connectivity index (χ1v) is 7.58. The molecule has 1 aliphatic carbocycles. The Morgan fingerprint density at radius 2 is 1.65 bits per heavy atom. The SMILES string of the molecule is O=C(Nc1cccc(CO)c1)c1ccc(C(=O)NC2CC2)cc1. The third-order valence-electron chi connectivity index (χ3n) is 3.69. The first kappa shape index (κ1) is 15.2. The minimum atomic E-state index is -0.255. The van der Waals surface area contributed by atoms with Crippen molar-refractivity contribution in [2.75, 3.05) is 5.32 Å². The number of nitrogens with one attached hydrogen (secondary N) is 2. The Labute approximate surface area is 134 Å². The van der Waals surface area contributed by atoms with Crippen LogP contribution in [0.3, 0.4) is 0 Å². The van der Waals surface area contributed by atoms with E-state index in [2.05, 4.69) is 10.6 Å². The number of benzene rings is 2. The van der Waals surface area contributed by atoms with Gasteiger partial charge in [-0.3, -0.25) is 9.59 Å². The topological polar surface area (TPSA) is 78.4 Å². The molecule has 0 unspecified atom stereocenters. The zero-order valence-corrected chi connectivity index (χ0v) is 12.6. The van der Waals surface area contributed by atoms with E-state index < -0.39 is 0 Å². The molecule has 1 saturated carbocycles. The van der Waals surface area contributed by atoms with Crippen LogP contribution >= 0.6 is 0 Å². The molecular formula is C18H18N2O3. The van der Waals surface area contributed by atoms with Crippen LogP contribution in [0.15, 0.2) is 48.5 Å². The molecule has 0 bridgehead atoms. The number of carbonyl (C=O) groups excluding carboxylic acids is 2. The minimum Gasteiger partial charge on any atom is -0.392 e. The quantitative estimate of drug-likeness (QED) is 0.793. The van der Waals surface area contributed by atoms with Crippen molar-refractivity contribution in [2.45, 2.75) is 25.5 Å². The number of amides is 2. The van der Waals surface area contributed by atoms with Crippen LogP contribution in [0.25, 0.3) is 0 Å². The highest BCUT2D eigenvalue weighted by Gasteiger charge is 2.23. The molecule has 0 spiro atoms. The van der Waals surface area contributed by atoms with Gasteiger partial charge in [-0.1, -0.05) is 12.1 Å². The number of anilines is 1. The van der Waals surface area contributed by atoms with E-state index in [-0.39, 0.29) is 18.4 Å². The van der Waals surface area contributed by atoms with Gasteiger partial charge in [0.25, 0.3) is 11.8 Å². The van der Waals surface area contributed by atoms with Crippen molar-refractivity contribution in [3.63, 3.8) is 0 Å². The van der Waals surface area contributed by atoms with Gasteiger partial charge in [0.05, 0.1) is 6.61 Å². The molecule has 3 N–H and O–H groups in total. The molecule has 2 amide bonds. The highest BCUT2D eigenvalue weighted by molar-refractivity contribution is 6.05. The van der Waals surface area contributed by atoms with Crippen molar-refractivity contribution in [1.82, 2.24) is 5.32 Å². The molecule has 5 heteroatoms. The highest BCUT2D eigenvalue weighted by Crippen LogP contribution is 2.19. The maximum Gasteiger partial charge on any atom is 0.255 e. The van der Waals surface area contributed by atoms with Gasteiger partial charge in [-0.05, 0) is 54.8 Å². The Balaban J connectivity index is 1.65. The molecule has 0 radical (unpaired) electrons. The number of aliphatic hydroxyl groups excluding tert-OH is 1. The third kappa shape index (κ3) is 3.96. The van der Waals surface area contributed by atoms with Crippen LogP contribution in [0.4, 0.5) is 5.69 Å². The maximum atomic E-state index is 12.2. The lowest BCUT2D eigenvalue weighted by Crippen LogP contribution is -2.25. The molecule has 0 heterocycles. The first-order valence-electron chi connectivity index (χ1n) is 7.58. The predicted octanol–water partition coefficient (Wildman–Crippen LogP) is 2.32. The van der Waals surface area contributed by atoms with Crippen LogP contribution in [-0.2, 0) is 6.61 Å². The van der Waals surface area contributed by atoms with E-state index in [0.717, 1.165) is 18.4 Å². The van der Waals surface area contributed by atoms with Crippen LogP contribution in [0.2, 0.25) is 0 Å². The minimum absolute atomic E-state index is 0.0749. The van der Waals surface area contributed by atoms with Gasteiger partial charge in [-0.25, -0.2) is 0 Å². The zero-order chi connectivity index (χ0) is 16.2. The second-order valence-corrected chi connectivity index (χ2v) is 5.64. The number of carbonyl (C=O) groups is 2. The Hall–Kier alpha value is -2.66. The summed E-state index contributed by atoms with van der Waals surface area (Å²) in [5.41, 5.74) is 2.38. The van der Waals surface area contributed by atoms with Gasteiger partial charge in [-0.2, -0.15) is 0 Å². The summed E-state index contributed by atoms with van der Waals surface area (Å²) in [5, 5.41) is 14.8. The molecule has 2 aromatic carbocycles. The predicted molar refractivity (Wildman–Crippen MR) is 87.2 cm³/mol. The fourth-order valence-corrected chi connectivity index (χ4v) is 2.22. The number of rotatable bonds is 5. The Morgan fingerprint density at radius 3 is 2.26 bits per heavy atom. The van der Waals surface area contributed by atoms with Gasteiger partial charge in [0.1, 0.15) is 0 Å². The summed E-state index contributed by atoms with van der Waals surface area (Å²) >= 11 is 0. The van der Waals surface area contributed by atoms with Gasteiger partial charge in [0.2, 0.25) is 0 Å². The largest absolute Gasteiger partial charge is 0.392 e. The molecule has 23 heavy (non-hydrogen) atoms. The van der Waals surface area contributed by atoms with Gasteiger partial charge in [0, 0.05) is 22.9 Å². The molecule has 3 rings (SSSR count). The van der Waals surface area contributed by atoms with Crippen molar-refractivity contribution in [3.8, 4) is 0 Å². The molecule has 2 aromatic rings. The van der Waals surface area contributed by atoms with Gasteiger partial charge in [-0.15, -0.1) is 0 Å². The molecule has 0 atom stereocenters. The van der Waals surface area contributed by atoms with Crippen molar-refractivity contribution >= 4 is 17.5 Å². The van der Waals surface area contributed by atoms with Crippen molar-refractivity contribution in [2.24, 2.45) is 0 Å². The number of hydrogen-bond donors (Lipinski definition) is 3. The normalized spacial score (nSPS) is 13.4. The first-order chi connectivity index (χ1) is 11.2. The molecule has 0 aromatic heterocycles. The standard InChI is InChI=1S/C18H18N2O3/c21-11-12-2-1-3-16(10-12)20-18(23)14-6-4-13(5-7-14)17(22)19-15-8-9-15/h1-7,10,15,21H,8-9,11H2,(H,19,22)(H,20,23). The molecular weight excluding hydrogens is 292 g/mol. The van der Waals surface area contributed by atoms with Crippen LogP contribution in [0, 0.1) is 0 Å². The van der Waals surface area contributed by atoms with Crippen molar-refractivity contribution in [3.05, 3.63) is 65.2 Å². The molecule has 0 saturated heterocycles. The fraction of sp³-hybridized carbons (Fsp3) is 0.222. The van der Waals surface area contributed by atoms with E-state index in [0.29, 0.717) is 22.9 Å². The fourth-order valence-electron chi connectivity index (χ4n) is 2.22. The number of aliphatic hydroxyl groups is 1. The lowest BCUT2D eigenvalue weighted by Gasteiger charge is -2.08. The van der Waals surface area contributed by atoms with E-state index in [1.165, 1.54) is 0 Å². The van der Waals surface area contributed by atoms with Gasteiger partial charge in [0.15, 0.2) is 0 Å². The second kappa shape index (κ2) is 6.62. The summed E-state index contributed by atoms with van der Waals surface area (Å²) < 4.78 is 0. The monoisotopic (exact) mass is 310 g/mol. The maximum absolute atomic E-state index is 12.2. The van der Waals surface area contributed by atoms with E-state index in [4.69, 9.17) is 5.11 Å². The second-order valence-electron chi connectivity index (χ2n) is 5.64. The third-order valence-corrected chi connectivity index (χ3v) is 3.69. The van der Waals surface area contributed by atoms with Crippen LogP contribution < -0.4 is 10.6 Å². The van der Waals surface area contributed by atoms with E-state index >= 15 is 0 Å². The Morgan fingerprint density at radius 1 is 1.00 bits per heavy atom. The van der Waals surface area contributed by atoms with Crippen LogP contribution in [0.1, 0.15) is 39.1 Å². The lowest BCUT2D eigenvalue weighted by molar-refractivity contribution is 0.0949. The summed E-state index contributed by atoms with van der Waals surface area (Å²) in [7, 11) is 0. The average Bonchev–Trinajstić information content (AvgIpc) is 3.39. The van der Waals surface area contributed by atoms with Gasteiger partial charge < -0.3 is 15.7 Å². The molecule has 1 aliphatic rings. The molecule has 5 nitrogen and oxygen atoms in total. The van der Waals surface area contributed by atoms with Gasteiger partial charge >= 0.3 is 0 Å². The van der Waals surface area contributed by atoms with Crippen LogP contribution in [-0.4, -0.2) is 23.0 Å². The average molecular weight is 310 g/mol. The van der Waals surface area contributed by atoms with E-state index in [1.54, 1.807) is 48.5 Å². The Bertz CT molecular complexity index is 721. The Kier molecular flexibility index (Phi) is 4.39. The molecule has 118 valence electrons. The smallest absolute Gasteiger partial charge is 0.255 e. The summed E-state index contributed by atoms with van der Waals surface area (Å²) in [4.78, 5) is 24.1. The van der Waals surface area contributed by atoms with E-state index in [9.17, 15) is 9.59 Å². The zero-order valence-electron chi connectivity index (χ0n) is 12.6.